The van der Waals surface area contributed by atoms with Gasteiger partial charge in [-0.3, -0.25) is 9.79 Å². The van der Waals surface area contributed by atoms with E-state index in [9.17, 15) is 10.1 Å². The maximum absolute atomic E-state index is 13.2. The van der Waals surface area contributed by atoms with Gasteiger partial charge in [-0.15, -0.1) is 4.98 Å². The lowest BCUT2D eigenvalue weighted by Crippen LogP contribution is -2.27. The molecule has 1 aromatic carbocycles. The number of benzene rings is 1. The highest BCUT2D eigenvalue weighted by Gasteiger charge is 2.27. The summed E-state index contributed by atoms with van der Waals surface area (Å²) in [5.74, 6) is 0.475. The number of nitrogens with zero attached hydrogens (tertiary/aromatic N) is 6. The molecular formula is C26H20N6O2. The first-order valence-corrected chi connectivity index (χ1v) is 10.9. The number of amides is 1. The lowest BCUT2D eigenvalue weighted by molar-refractivity contribution is 0.0777. The summed E-state index contributed by atoms with van der Waals surface area (Å²) in [5.41, 5.74) is 4.90. The Labute approximate surface area is 197 Å². The molecule has 3 aromatic rings. The minimum Gasteiger partial charge on any atom is -0.474 e. The van der Waals surface area contributed by atoms with E-state index < -0.39 is 0 Å². The van der Waals surface area contributed by atoms with E-state index in [1.165, 1.54) is 0 Å². The number of hydrogen-bond donors (Lipinski definition) is 0. The van der Waals surface area contributed by atoms with Crippen molar-refractivity contribution >= 4 is 17.9 Å². The molecule has 0 atom stereocenters. The monoisotopic (exact) mass is 448 g/mol. The van der Waals surface area contributed by atoms with Gasteiger partial charge in [0.1, 0.15) is 18.0 Å². The number of carbonyl (C=O) groups excluding carboxylic acids is 1. The Morgan fingerprint density at radius 1 is 1.32 bits per heavy atom. The summed E-state index contributed by atoms with van der Waals surface area (Å²) in [6.07, 6.45) is 5.33. The molecule has 1 fully saturated rings. The molecule has 5 rings (SSSR count). The first-order chi connectivity index (χ1) is 16.6. The van der Waals surface area contributed by atoms with Gasteiger partial charge in [0, 0.05) is 36.5 Å². The molecular weight excluding hydrogens is 428 g/mol. The van der Waals surface area contributed by atoms with Gasteiger partial charge in [-0.1, -0.05) is 18.7 Å². The number of ether oxygens (including phenoxy) is 1. The highest BCUT2D eigenvalue weighted by molar-refractivity contribution is 5.93. The van der Waals surface area contributed by atoms with E-state index in [2.05, 4.69) is 25.9 Å². The SMILES string of the molecule is [C-]#[N+]c1ncc(CN(C)C(=O)c2ccc(-c3cccc(C#N)c3)c(OC3CC3)n2)c2c1C=NC2. The van der Waals surface area contributed by atoms with Crippen molar-refractivity contribution in [2.45, 2.75) is 32.0 Å². The van der Waals surface area contributed by atoms with E-state index in [0.29, 0.717) is 30.4 Å². The molecule has 1 aliphatic heterocycles. The number of rotatable bonds is 6. The van der Waals surface area contributed by atoms with Gasteiger partial charge in [-0.25, -0.2) is 4.98 Å². The van der Waals surface area contributed by atoms with E-state index in [-0.39, 0.29) is 17.7 Å². The maximum atomic E-state index is 13.2. The largest absolute Gasteiger partial charge is 0.474 e. The molecule has 34 heavy (non-hydrogen) atoms. The molecule has 0 spiro atoms. The third-order valence-electron chi connectivity index (χ3n) is 5.81. The van der Waals surface area contributed by atoms with Crippen LogP contribution in [0, 0.1) is 17.9 Å². The predicted molar refractivity (Wildman–Crippen MR) is 126 cm³/mol. The number of aromatic nitrogens is 2. The van der Waals surface area contributed by atoms with Gasteiger partial charge in [0.15, 0.2) is 0 Å². The second-order valence-electron chi connectivity index (χ2n) is 8.30. The quantitative estimate of drug-likeness (QED) is 0.524. The minimum atomic E-state index is -0.250. The first-order valence-electron chi connectivity index (χ1n) is 10.9. The molecule has 0 radical (unpaired) electrons. The van der Waals surface area contributed by atoms with E-state index >= 15 is 0 Å². The van der Waals surface area contributed by atoms with Crippen LogP contribution in [0.25, 0.3) is 16.0 Å². The standard InChI is InChI=1S/C26H20N6O2/c1-28-24-22-14-29-13-21(22)18(12-30-24)15-32(2)26(33)23-9-8-20(25(31-23)34-19-6-7-19)17-5-3-4-16(10-17)11-27/h3-5,8-10,12,14,19H,6-7,13,15H2,2H3. The fourth-order valence-electron chi connectivity index (χ4n) is 3.86. The van der Waals surface area contributed by atoms with Gasteiger partial charge in [-0.2, -0.15) is 5.26 Å². The Balaban J connectivity index is 1.42. The number of fused-ring (bicyclic) bond motifs is 1. The number of carbonyl (C=O) groups is 1. The van der Waals surface area contributed by atoms with Gasteiger partial charge in [-0.05, 0) is 48.2 Å². The first kappa shape index (κ1) is 21.3. The summed E-state index contributed by atoms with van der Waals surface area (Å²) >= 11 is 0. The number of pyridine rings is 2. The van der Waals surface area contributed by atoms with Crippen LogP contribution < -0.4 is 4.74 Å². The van der Waals surface area contributed by atoms with Crippen molar-refractivity contribution in [3.63, 3.8) is 0 Å². The van der Waals surface area contributed by atoms with Crippen molar-refractivity contribution in [3.05, 3.63) is 82.0 Å². The zero-order valence-electron chi connectivity index (χ0n) is 18.5. The fraction of sp³-hybridized carbons (Fsp3) is 0.231. The van der Waals surface area contributed by atoms with Crippen LogP contribution in [-0.4, -0.2) is 40.1 Å². The Morgan fingerprint density at radius 3 is 2.94 bits per heavy atom. The molecule has 166 valence electrons. The topological polar surface area (TPSA) is 95.8 Å². The normalized spacial score (nSPS) is 13.6. The third kappa shape index (κ3) is 4.10. The van der Waals surface area contributed by atoms with Gasteiger partial charge >= 0.3 is 0 Å². The molecule has 8 heteroatoms. The van der Waals surface area contributed by atoms with E-state index in [4.69, 9.17) is 11.3 Å². The average molecular weight is 448 g/mol. The summed E-state index contributed by atoms with van der Waals surface area (Å²) in [7, 11) is 1.71. The maximum Gasteiger partial charge on any atom is 0.278 e. The molecule has 1 amide bonds. The van der Waals surface area contributed by atoms with E-state index in [1.54, 1.807) is 42.6 Å². The van der Waals surface area contributed by atoms with Crippen LogP contribution in [-0.2, 0) is 13.1 Å². The van der Waals surface area contributed by atoms with Crippen LogP contribution in [0.3, 0.4) is 0 Å². The molecule has 0 N–H and O–H groups in total. The minimum absolute atomic E-state index is 0.100. The van der Waals surface area contributed by atoms with Crippen molar-refractivity contribution < 1.29 is 9.53 Å². The van der Waals surface area contributed by atoms with Crippen LogP contribution in [0.4, 0.5) is 5.82 Å². The molecule has 1 aliphatic carbocycles. The second kappa shape index (κ2) is 8.76. The van der Waals surface area contributed by atoms with Crippen molar-refractivity contribution in [3.8, 4) is 23.1 Å². The van der Waals surface area contributed by atoms with Gasteiger partial charge in [0.25, 0.3) is 11.7 Å². The molecule has 8 nitrogen and oxygen atoms in total. The summed E-state index contributed by atoms with van der Waals surface area (Å²) in [5, 5.41) is 9.25. The van der Waals surface area contributed by atoms with Crippen molar-refractivity contribution in [1.82, 2.24) is 14.9 Å². The lowest BCUT2D eigenvalue weighted by atomic mass is 10.0. The van der Waals surface area contributed by atoms with E-state index in [1.807, 2.05) is 18.2 Å². The van der Waals surface area contributed by atoms with Crippen LogP contribution >= 0.6 is 0 Å². The van der Waals surface area contributed by atoms with Crippen LogP contribution in [0.2, 0.25) is 0 Å². The van der Waals surface area contributed by atoms with Crippen LogP contribution in [0.1, 0.15) is 45.6 Å². The second-order valence-corrected chi connectivity index (χ2v) is 8.30. The van der Waals surface area contributed by atoms with Crippen LogP contribution in [0.15, 0.2) is 47.6 Å². The zero-order valence-corrected chi connectivity index (χ0v) is 18.5. The summed E-state index contributed by atoms with van der Waals surface area (Å²) in [6.45, 7) is 8.08. The van der Waals surface area contributed by atoms with Gasteiger partial charge in [0.2, 0.25) is 5.88 Å². The molecule has 1 saturated carbocycles. The van der Waals surface area contributed by atoms with Crippen LogP contribution in [0.5, 0.6) is 5.88 Å². The Kier molecular flexibility index (Phi) is 5.49. The molecule has 0 bridgehead atoms. The predicted octanol–water partition coefficient (Wildman–Crippen LogP) is 4.31. The molecule has 0 unspecified atom stereocenters. The van der Waals surface area contributed by atoms with Gasteiger partial charge < -0.3 is 14.5 Å². The smallest absolute Gasteiger partial charge is 0.278 e. The molecule has 0 saturated heterocycles. The number of hydrogen-bond acceptors (Lipinski definition) is 6. The van der Waals surface area contributed by atoms with E-state index in [0.717, 1.165) is 40.7 Å². The Bertz CT molecular complexity index is 1410. The summed E-state index contributed by atoms with van der Waals surface area (Å²) in [6, 6.07) is 12.9. The average Bonchev–Trinajstić information content (AvgIpc) is 3.54. The highest BCUT2D eigenvalue weighted by atomic mass is 16.5. The highest BCUT2D eigenvalue weighted by Crippen LogP contribution is 2.34. The zero-order chi connectivity index (χ0) is 23.7. The van der Waals surface area contributed by atoms with Gasteiger partial charge in [0.05, 0.1) is 18.2 Å². The van der Waals surface area contributed by atoms with Crippen molar-refractivity contribution in [2.75, 3.05) is 7.05 Å². The lowest BCUT2D eigenvalue weighted by Gasteiger charge is -2.19. The summed E-state index contributed by atoms with van der Waals surface area (Å²) < 4.78 is 6.04. The molecule has 3 heterocycles. The number of nitriles is 1. The van der Waals surface area contributed by atoms with Crippen molar-refractivity contribution in [1.29, 1.82) is 5.26 Å². The van der Waals surface area contributed by atoms with Crippen molar-refractivity contribution in [2.24, 2.45) is 4.99 Å². The Hall–Kier alpha value is -4.56. The summed E-state index contributed by atoms with van der Waals surface area (Å²) in [4.78, 5) is 31.3. The Morgan fingerprint density at radius 2 is 2.18 bits per heavy atom. The fourth-order valence-corrected chi connectivity index (χ4v) is 3.86. The third-order valence-corrected chi connectivity index (χ3v) is 5.81. The number of aliphatic imine (C=N–C) groups is 1. The molecule has 2 aliphatic rings. The molecule has 2 aromatic heterocycles.